The van der Waals surface area contributed by atoms with Gasteiger partial charge in [0.05, 0.1) is 0 Å². The highest BCUT2D eigenvalue weighted by molar-refractivity contribution is 7.91. The zero-order chi connectivity index (χ0) is 14.6. The molecule has 0 aliphatic rings. The molecule has 0 unspecified atom stereocenters. The third kappa shape index (κ3) is 4.63. The Balaban J connectivity index is 2.56. The zero-order valence-corrected chi connectivity index (χ0v) is 13.4. The first kappa shape index (κ1) is 16.2. The van der Waals surface area contributed by atoms with E-state index in [-0.39, 0.29) is 10.7 Å². The number of nitrogen functional groups attached to an aromatic ring is 1. The minimum absolute atomic E-state index is 0.0781. The van der Waals surface area contributed by atoms with Crippen molar-refractivity contribution >= 4 is 32.2 Å². The highest BCUT2D eigenvalue weighted by Crippen LogP contribution is 2.31. The van der Waals surface area contributed by atoms with Gasteiger partial charge < -0.3 is 16.0 Å². The number of nitrogens with one attached hydrogen (secondary N) is 1. The number of nitrogens with two attached hydrogens (primary N) is 1. The van der Waals surface area contributed by atoms with Crippen LogP contribution >= 0.6 is 11.5 Å². The van der Waals surface area contributed by atoms with Gasteiger partial charge in [0, 0.05) is 18.8 Å². The van der Waals surface area contributed by atoms with E-state index in [1.54, 1.807) is 0 Å². The fraction of sp³-hybridized carbons (Fsp3) is 0.727. The fourth-order valence-electron chi connectivity index (χ4n) is 1.55. The molecule has 19 heavy (non-hydrogen) atoms. The van der Waals surface area contributed by atoms with Crippen molar-refractivity contribution in [1.29, 1.82) is 0 Å². The average Bonchev–Trinajstić information content (AvgIpc) is 2.65. The van der Waals surface area contributed by atoms with Crippen LogP contribution in [0.5, 0.6) is 0 Å². The van der Waals surface area contributed by atoms with Crippen molar-refractivity contribution in [2.24, 2.45) is 0 Å². The smallest absolute Gasteiger partial charge is 0.182 e. The maximum Gasteiger partial charge on any atom is 0.182 e. The molecule has 0 atom stereocenters. The standard InChI is InChI=1S/C11H22N4O2S2/c1-8(2)15(3)7-5-6-13-11-9(19(4,16)17)10(12)14-18-11/h8,13H,5-7H2,1-4H3,(H2,12,14). The average molecular weight is 306 g/mol. The highest BCUT2D eigenvalue weighted by atomic mass is 32.2. The first-order valence-corrected chi connectivity index (χ1v) is 8.79. The van der Waals surface area contributed by atoms with E-state index in [1.165, 1.54) is 0 Å². The Morgan fingerprint density at radius 1 is 1.47 bits per heavy atom. The molecule has 0 spiro atoms. The summed E-state index contributed by atoms with van der Waals surface area (Å²) < 4.78 is 27.1. The summed E-state index contributed by atoms with van der Waals surface area (Å²) in [4.78, 5) is 2.36. The normalized spacial score (nSPS) is 12.3. The van der Waals surface area contributed by atoms with Crippen LogP contribution in [0.3, 0.4) is 0 Å². The molecule has 8 heteroatoms. The van der Waals surface area contributed by atoms with E-state index in [1.807, 2.05) is 0 Å². The van der Waals surface area contributed by atoms with E-state index >= 15 is 0 Å². The van der Waals surface area contributed by atoms with E-state index in [4.69, 9.17) is 5.73 Å². The van der Waals surface area contributed by atoms with Crippen LogP contribution in [0.1, 0.15) is 20.3 Å². The van der Waals surface area contributed by atoms with Crippen LogP contribution < -0.4 is 11.1 Å². The van der Waals surface area contributed by atoms with Crippen LogP contribution in [-0.2, 0) is 9.84 Å². The molecule has 0 aliphatic heterocycles. The molecule has 0 saturated heterocycles. The van der Waals surface area contributed by atoms with Gasteiger partial charge in [-0.15, -0.1) is 0 Å². The Labute approximate surface area is 119 Å². The van der Waals surface area contributed by atoms with Crippen molar-refractivity contribution in [3.63, 3.8) is 0 Å². The van der Waals surface area contributed by atoms with Crippen LogP contribution in [0.25, 0.3) is 0 Å². The second kappa shape index (κ2) is 6.53. The van der Waals surface area contributed by atoms with E-state index in [2.05, 4.69) is 35.5 Å². The molecule has 1 heterocycles. The van der Waals surface area contributed by atoms with E-state index < -0.39 is 9.84 Å². The Kier molecular flexibility index (Phi) is 5.57. The molecule has 0 radical (unpaired) electrons. The second-order valence-electron chi connectivity index (χ2n) is 4.85. The molecule has 1 aromatic rings. The monoisotopic (exact) mass is 306 g/mol. The summed E-state index contributed by atoms with van der Waals surface area (Å²) in [5.74, 6) is 0.0781. The predicted octanol–water partition coefficient (Wildman–Crippen LogP) is 1.27. The first-order valence-electron chi connectivity index (χ1n) is 6.12. The highest BCUT2D eigenvalue weighted by Gasteiger charge is 2.20. The molecule has 1 aromatic heterocycles. The third-order valence-electron chi connectivity index (χ3n) is 2.90. The van der Waals surface area contributed by atoms with Crippen molar-refractivity contribution in [1.82, 2.24) is 9.27 Å². The lowest BCUT2D eigenvalue weighted by molar-refractivity contribution is 0.273. The molecular formula is C11H22N4O2S2. The van der Waals surface area contributed by atoms with Crippen LogP contribution in [0.4, 0.5) is 10.8 Å². The first-order chi connectivity index (χ1) is 8.73. The van der Waals surface area contributed by atoms with Gasteiger partial charge in [-0.3, -0.25) is 0 Å². The number of aromatic nitrogens is 1. The summed E-state index contributed by atoms with van der Waals surface area (Å²) in [6, 6.07) is 0.505. The Morgan fingerprint density at radius 3 is 2.63 bits per heavy atom. The summed E-state index contributed by atoms with van der Waals surface area (Å²) in [5, 5.41) is 3.64. The van der Waals surface area contributed by atoms with Crippen LogP contribution in [0.2, 0.25) is 0 Å². The molecular weight excluding hydrogens is 284 g/mol. The van der Waals surface area contributed by atoms with Gasteiger partial charge in [0.1, 0.15) is 9.90 Å². The molecule has 0 fully saturated rings. The lowest BCUT2D eigenvalue weighted by Gasteiger charge is -2.20. The van der Waals surface area contributed by atoms with Gasteiger partial charge in [-0.05, 0) is 45.4 Å². The molecule has 0 saturated carbocycles. The van der Waals surface area contributed by atoms with Gasteiger partial charge in [-0.2, -0.15) is 4.37 Å². The third-order valence-corrected chi connectivity index (χ3v) is 5.00. The van der Waals surface area contributed by atoms with Crippen molar-refractivity contribution in [2.45, 2.75) is 31.2 Å². The fourth-order valence-corrected chi connectivity index (χ4v) is 3.65. The van der Waals surface area contributed by atoms with Crippen molar-refractivity contribution in [3.8, 4) is 0 Å². The molecule has 110 valence electrons. The van der Waals surface area contributed by atoms with Crippen molar-refractivity contribution in [2.75, 3.05) is 37.4 Å². The summed E-state index contributed by atoms with van der Waals surface area (Å²) in [5.41, 5.74) is 5.59. The van der Waals surface area contributed by atoms with Crippen LogP contribution in [-0.4, -0.2) is 50.1 Å². The minimum Gasteiger partial charge on any atom is -0.382 e. The number of hydrogen-bond donors (Lipinski definition) is 2. The van der Waals surface area contributed by atoms with Gasteiger partial charge in [-0.1, -0.05) is 0 Å². The van der Waals surface area contributed by atoms with Gasteiger partial charge >= 0.3 is 0 Å². The summed E-state index contributed by atoms with van der Waals surface area (Å²) >= 11 is 1.09. The summed E-state index contributed by atoms with van der Waals surface area (Å²) in [6.45, 7) is 5.92. The number of sulfone groups is 1. The van der Waals surface area contributed by atoms with Gasteiger partial charge in [0.15, 0.2) is 15.7 Å². The Hall–Kier alpha value is -0.860. The summed E-state index contributed by atoms with van der Waals surface area (Å²) in [6.07, 6.45) is 2.07. The maximum atomic E-state index is 11.6. The zero-order valence-electron chi connectivity index (χ0n) is 11.8. The van der Waals surface area contributed by atoms with E-state index in [9.17, 15) is 8.42 Å². The quantitative estimate of drug-likeness (QED) is 0.738. The largest absolute Gasteiger partial charge is 0.382 e. The van der Waals surface area contributed by atoms with Gasteiger partial charge in [-0.25, -0.2) is 8.42 Å². The predicted molar refractivity (Wildman–Crippen MR) is 80.5 cm³/mol. The Bertz CT molecular complexity index is 511. The van der Waals surface area contributed by atoms with Gasteiger partial charge in [0.25, 0.3) is 0 Å². The van der Waals surface area contributed by atoms with Crippen LogP contribution in [0, 0.1) is 0 Å². The number of nitrogens with zero attached hydrogens (tertiary/aromatic N) is 2. The minimum atomic E-state index is -3.34. The van der Waals surface area contributed by atoms with Crippen molar-refractivity contribution < 1.29 is 8.42 Å². The molecule has 0 aromatic carbocycles. The second-order valence-corrected chi connectivity index (χ2v) is 7.58. The number of anilines is 2. The SMILES string of the molecule is CC(C)N(C)CCCNc1snc(N)c1S(C)(=O)=O. The summed E-state index contributed by atoms with van der Waals surface area (Å²) in [7, 11) is -1.27. The molecule has 0 amide bonds. The van der Waals surface area contributed by atoms with E-state index in [0.717, 1.165) is 30.8 Å². The van der Waals surface area contributed by atoms with Gasteiger partial charge in [0.2, 0.25) is 0 Å². The van der Waals surface area contributed by atoms with Crippen molar-refractivity contribution in [3.05, 3.63) is 0 Å². The molecule has 0 bridgehead atoms. The lowest BCUT2D eigenvalue weighted by Crippen LogP contribution is -2.28. The Morgan fingerprint density at radius 2 is 2.11 bits per heavy atom. The molecule has 1 rings (SSSR count). The molecule has 6 nitrogen and oxygen atoms in total. The number of hydrogen-bond acceptors (Lipinski definition) is 7. The topological polar surface area (TPSA) is 88.3 Å². The van der Waals surface area contributed by atoms with E-state index in [0.29, 0.717) is 17.6 Å². The molecule has 3 N–H and O–H groups in total. The number of rotatable bonds is 7. The lowest BCUT2D eigenvalue weighted by atomic mass is 10.3. The maximum absolute atomic E-state index is 11.6. The van der Waals surface area contributed by atoms with Crippen LogP contribution in [0.15, 0.2) is 4.90 Å². The molecule has 0 aliphatic carbocycles.